The fraction of sp³-hybridized carbons (Fsp3) is 0.857. The van der Waals surface area contributed by atoms with Crippen molar-refractivity contribution in [2.75, 3.05) is 7.11 Å². The summed E-state index contributed by atoms with van der Waals surface area (Å²) in [6.07, 6.45) is 5.40. The monoisotopic (exact) mass is 252 g/mol. The van der Waals surface area contributed by atoms with Crippen LogP contribution in [0.15, 0.2) is 11.2 Å². The first kappa shape index (κ1) is 13.9. The molecule has 2 rings (SSSR count). The molecule has 0 aromatic rings. The predicted octanol–water partition coefficient (Wildman–Crippen LogP) is 3.48. The van der Waals surface area contributed by atoms with Gasteiger partial charge in [-0.15, -0.1) is 0 Å². The molecule has 1 heterocycles. The van der Waals surface area contributed by atoms with Crippen LogP contribution in [-0.4, -0.2) is 25.4 Å². The van der Waals surface area contributed by atoms with E-state index in [0.717, 1.165) is 25.0 Å². The van der Waals surface area contributed by atoms with Crippen molar-refractivity contribution in [2.24, 2.45) is 0 Å². The van der Waals surface area contributed by atoms with Crippen molar-refractivity contribution < 1.29 is 14.0 Å². The van der Waals surface area contributed by atoms with E-state index in [1.807, 2.05) is 0 Å². The highest BCUT2D eigenvalue weighted by Gasteiger charge is 2.54. The molecule has 0 aromatic carbocycles. The van der Waals surface area contributed by atoms with Crippen LogP contribution in [0.25, 0.3) is 0 Å². The van der Waals surface area contributed by atoms with Gasteiger partial charge in [-0.3, -0.25) is 0 Å². The molecule has 1 aliphatic heterocycles. The van der Waals surface area contributed by atoms with E-state index in [1.54, 1.807) is 7.11 Å². The van der Waals surface area contributed by atoms with E-state index in [1.165, 1.54) is 18.3 Å². The SMILES string of the molecule is CCC1(C)OB(C2=C(OC)CCCC2)OC1(C)C. The number of allylic oxidation sites excluding steroid dienone is 2. The summed E-state index contributed by atoms with van der Waals surface area (Å²) in [4.78, 5) is 0. The molecule has 2 aliphatic rings. The van der Waals surface area contributed by atoms with Crippen molar-refractivity contribution in [2.45, 2.75) is 71.0 Å². The maximum Gasteiger partial charge on any atom is 0.494 e. The van der Waals surface area contributed by atoms with Gasteiger partial charge in [0.15, 0.2) is 0 Å². The maximum absolute atomic E-state index is 6.22. The molecule has 0 radical (unpaired) electrons. The van der Waals surface area contributed by atoms with Crippen molar-refractivity contribution in [3.8, 4) is 0 Å². The van der Waals surface area contributed by atoms with Crippen LogP contribution < -0.4 is 0 Å². The molecule has 0 spiro atoms. The summed E-state index contributed by atoms with van der Waals surface area (Å²) in [6, 6.07) is 0. The molecule has 1 aliphatic carbocycles. The quantitative estimate of drug-likeness (QED) is 0.719. The Morgan fingerprint density at radius 2 is 1.83 bits per heavy atom. The molecule has 0 N–H and O–H groups in total. The van der Waals surface area contributed by atoms with Crippen molar-refractivity contribution in [1.82, 2.24) is 0 Å². The van der Waals surface area contributed by atoms with Gasteiger partial charge in [0.2, 0.25) is 0 Å². The average Bonchev–Trinajstić information content (AvgIpc) is 2.61. The first-order chi connectivity index (χ1) is 8.43. The fourth-order valence-corrected chi connectivity index (χ4v) is 2.83. The number of hydrogen-bond donors (Lipinski definition) is 0. The molecule has 18 heavy (non-hydrogen) atoms. The Bertz CT molecular complexity index is 351. The first-order valence-electron chi connectivity index (χ1n) is 7.05. The van der Waals surface area contributed by atoms with Crippen molar-refractivity contribution in [3.05, 3.63) is 11.2 Å². The van der Waals surface area contributed by atoms with Gasteiger partial charge < -0.3 is 14.0 Å². The van der Waals surface area contributed by atoms with Crippen molar-refractivity contribution in [3.63, 3.8) is 0 Å². The van der Waals surface area contributed by atoms with E-state index < -0.39 is 0 Å². The van der Waals surface area contributed by atoms with Crippen LogP contribution in [0.1, 0.15) is 59.8 Å². The van der Waals surface area contributed by atoms with Crippen LogP contribution >= 0.6 is 0 Å². The lowest BCUT2D eigenvalue weighted by atomic mass is 9.72. The zero-order chi connectivity index (χ0) is 13.4. The largest absolute Gasteiger partial charge is 0.502 e. The normalized spacial score (nSPS) is 31.9. The minimum Gasteiger partial charge on any atom is -0.502 e. The third kappa shape index (κ3) is 2.21. The van der Waals surface area contributed by atoms with E-state index in [9.17, 15) is 0 Å². The second-order valence-electron chi connectivity index (χ2n) is 6.02. The maximum atomic E-state index is 6.22. The van der Waals surface area contributed by atoms with E-state index >= 15 is 0 Å². The zero-order valence-corrected chi connectivity index (χ0v) is 12.3. The van der Waals surface area contributed by atoms with E-state index in [-0.39, 0.29) is 18.3 Å². The Balaban J connectivity index is 2.24. The summed E-state index contributed by atoms with van der Waals surface area (Å²) in [5.41, 5.74) is 0.741. The highest BCUT2D eigenvalue weighted by Crippen LogP contribution is 2.43. The molecule has 1 saturated heterocycles. The van der Waals surface area contributed by atoms with Gasteiger partial charge in [-0.2, -0.15) is 0 Å². The Kier molecular flexibility index (Phi) is 3.79. The van der Waals surface area contributed by atoms with Gasteiger partial charge in [0, 0.05) is 6.42 Å². The standard InChI is InChI=1S/C14H25BO3/c1-6-14(4)13(2,3)17-15(18-14)11-9-7-8-10-12(11)16-5/h6-10H2,1-5H3. The smallest absolute Gasteiger partial charge is 0.494 e. The van der Waals surface area contributed by atoms with Crippen LogP contribution in [-0.2, 0) is 14.0 Å². The van der Waals surface area contributed by atoms with Crippen LogP contribution in [0, 0.1) is 0 Å². The van der Waals surface area contributed by atoms with Gasteiger partial charge in [-0.25, -0.2) is 0 Å². The molecule has 1 unspecified atom stereocenters. The highest BCUT2D eigenvalue weighted by molar-refractivity contribution is 6.54. The number of rotatable bonds is 3. The molecule has 3 nitrogen and oxygen atoms in total. The third-order valence-corrected chi connectivity index (χ3v) is 4.71. The molecular weight excluding hydrogens is 227 g/mol. The Morgan fingerprint density at radius 3 is 2.39 bits per heavy atom. The molecule has 0 amide bonds. The zero-order valence-electron chi connectivity index (χ0n) is 12.3. The van der Waals surface area contributed by atoms with Crippen molar-refractivity contribution in [1.29, 1.82) is 0 Å². The lowest BCUT2D eigenvalue weighted by molar-refractivity contribution is -0.0118. The lowest BCUT2D eigenvalue weighted by Gasteiger charge is -2.35. The molecule has 1 fully saturated rings. The molecule has 4 heteroatoms. The molecule has 0 saturated carbocycles. The number of hydrogen-bond acceptors (Lipinski definition) is 3. The second-order valence-corrected chi connectivity index (χ2v) is 6.02. The van der Waals surface area contributed by atoms with E-state index in [0.29, 0.717) is 0 Å². The topological polar surface area (TPSA) is 27.7 Å². The molecule has 0 aromatic heterocycles. The molecule has 102 valence electrons. The van der Waals surface area contributed by atoms with Gasteiger partial charge in [0.1, 0.15) is 0 Å². The minimum absolute atomic E-state index is 0.221. The molecular formula is C14H25BO3. The Hall–Kier alpha value is -0.475. The van der Waals surface area contributed by atoms with Crippen LogP contribution in [0.5, 0.6) is 0 Å². The predicted molar refractivity (Wildman–Crippen MR) is 73.2 cm³/mol. The van der Waals surface area contributed by atoms with Crippen molar-refractivity contribution >= 4 is 7.12 Å². The average molecular weight is 252 g/mol. The summed E-state index contributed by atoms with van der Waals surface area (Å²) < 4.78 is 17.9. The van der Waals surface area contributed by atoms with Gasteiger partial charge >= 0.3 is 7.12 Å². The summed E-state index contributed by atoms with van der Waals surface area (Å²) in [5.74, 6) is 1.07. The number of ether oxygens (including phenoxy) is 1. The minimum atomic E-state index is -0.254. The van der Waals surface area contributed by atoms with Gasteiger partial charge in [0.05, 0.1) is 24.1 Å². The summed E-state index contributed by atoms with van der Waals surface area (Å²) >= 11 is 0. The van der Waals surface area contributed by atoms with E-state index in [2.05, 4.69) is 27.7 Å². The Morgan fingerprint density at radius 1 is 1.17 bits per heavy atom. The van der Waals surface area contributed by atoms with Crippen LogP contribution in [0.3, 0.4) is 0 Å². The third-order valence-electron chi connectivity index (χ3n) is 4.71. The Labute approximate surface area is 111 Å². The van der Waals surface area contributed by atoms with Gasteiger partial charge in [0.25, 0.3) is 0 Å². The summed E-state index contributed by atoms with van der Waals surface area (Å²) in [7, 11) is 1.53. The fourth-order valence-electron chi connectivity index (χ4n) is 2.83. The van der Waals surface area contributed by atoms with Crippen LogP contribution in [0.4, 0.5) is 0 Å². The van der Waals surface area contributed by atoms with E-state index in [4.69, 9.17) is 14.0 Å². The first-order valence-corrected chi connectivity index (χ1v) is 7.05. The van der Waals surface area contributed by atoms with Crippen LogP contribution in [0.2, 0.25) is 0 Å². The number of methoxy groups -OCH3 is 1. The molecule has 0 bridgehead atoms. The summed E-state index contributed by atoms with van der Waals surface area (Å²) in [6.45, 7) is 8.53. The lowest BCUT2D eigenvalue weighted by Crippen LogP contribution is -2.44. The van der Waals surface area contributed by atoms with Gasteiger partial charge in [-0.05, 0) is 51.9 Å². The molecule has 1 atom stereocenters. The highest BCUT2D eigenvalue weighted by atomic mass is 16.7. The summed E-state index contributed by atoms with van der Waals surface area (Å²) in [5, 5.41) is 0. The second kappa shape index (κ2) is 4.89. The van der Waals surface area contributed by atoms with Gasteiger partial charge in [-0.1, -0.05) is 6.92 Å².